The quantitative estimate of drug-likeness (QED) is 0.793. The van der Waals surface area contributed by atoms with Gasteiger partial charge in [0, 0.05) is 9.60 Å². The Hall–Kier alpha value is -0.870. The number of fused-ring (bicyclic) bond motifs is 1. The molecule has 0 aliphatic carbocycles. The van der Waals surface area contributed by atoms with Gasteiger partial charge in [-0.05, 0) is 12.1 Å². The number of hydrogen-bond donors (Lipinski definition) is 1. The van der Waals surface area contributed by atoms with Gasteiger partial charge in [0.15, 0.2) is 5.75 Å². The molecule has 2 nitrogen and oxygen atoms in total. The van der Waals surface area contributed by atoms with Crippen molar-refractivity contribution in [2.24, 2.45) is 0 Å². The van der Waals surface area contributed by atoms with Gasteiger partial charge in [-0.15, -0.1) is 12.6 Å². The Morgan fingerprint density at radius 3 is 2.64 bits per heavy atom. The second-order valence-electron chi connectivity index (χ2n) is 2.78. The lowest BCUT2D eigenvalue weighted by Crippen LogP contribution is -1.85. The molecule has 0 saturated heterocycles. The third-order valence-electron chi connectivity index (χ3n) is 2.01. The number of hydrogen-bond acceptors (Lipinski definition) is 4. The van der Waals surface area contributed by atoms with Crippen molar-refractivity contribution >= 4 is 34.1 Å². The Morgan fingerprint density at radius 1 is 1.21 bits per heavy atom. The molecular formula is C10H10O2S2. The highest BCUT2D eigenvalue weighted by Crippen LogP contribution is 2.45. The Morgan fingerprint density at radius 2 is 2.00 bits per heavy atom. The third-order valence-corrected chi connectivity index (χ3v) is 3.48. The molecule has 0 spiro atoms. The first-order valence-electron chi connectivity index (χ1n) is 4.10. The van der Waals surface area contributed by atoms with E-state index in [4.69, 9.17) is 9.47 Å². The van der Waals surface area contributed by atoms with Crippen LogP contribution in [0.25, 0.3) is 10.1 Å². The molecule has 74 valence electrons. The number of rotatable bonds is 2. The molecular weight excluding hydrogens is 216 g/mol. The summed E-state index contributed by atoms with van der Waals surface area (Å²) in [4.78, 5) is 0.916. The summed E-state index contributed by atoms with van der Waals surface area (Å²) in [5, 5.41) is 1.82. The summed E-state index contributed by atoms with van der Waals surface area (Å²) in [6.07, 6.45) is 0. The lowest BCUT2D eigenvalue weighted by atomic mass is 10.2. The zero-order chi connectivity index (χ0) is 10.1. The van der Waals surface area contributed by atoms with Crippen molar-refractivity contribution in [3.63, 3.8) is 0 Å². The van der Waals surface area contributed by atoms with E-state index in [2.05, 4.69) is 12.6 Å². The molecule has 1 aromatic carbocycles. The molecule has 0 fully saturated rings. The molecule has 0 radical (unpaired) electrons. The van der Waals surface area contributed by atoms with E-state index in [-0.39, 0.29) is 0 Å². The minimum Gasteiger partial charge on any atom is -0.491 e. The normalized spacial score (nSPS) is 10.5. The predicted octanol–water partition coefficient (Wildman–Crippen LogP) is 3.21. The molecule has 0 atom stereocenters. The van der Waals surface area contributed by atoms with Gasteiger partial charge in [0.1, 0.15) is 0 Å². The number of thiol groups is 1. The van der Waals surface area contributed by atoms with Crippen LogP contribution in [0.2, 0.25) is 0 Å². The highest BCUT2D eigenvalue weighted by atomic mass is 32.1. The summed E-state index contributed by atoms with van der Waals surface area (Å²) < 4.78 is 11.7. The predicted molar refractivity (Wildman–Crippen MR) is 62.2 cm³/mol. The van der Waals surface area contributed by atoms with Crippen molar-refractivity contribution in [3.8, 4) is 10.8 Å². The van der Waals surface area contributed by atoms with Crippen LogP contribution in [-0.4, -0.2) is 14.2 Å². The number of benzene rings is 1. The van der Waals surface area contributed by atoms with Gasteiger partial charge in [0.2, 0.25) is 5.06 Å². The van der Waals surface area contributed by atoms with Gasteiger partial charge in [-0.25, -0.2) is 0 Å². The highest BCUT2D eigenvalue weighted by Gasteiger charge is 2.14. The zero-order valence-corrected chi connectivity index (χ0v) is 9.61. The number of methoxy groups -OCH3 is 2. The Bertz CT molecular complexity index is 462. The van der Waals surface area contributed by atoms with Crippen molar-refractivity contribution in [1.29, 1.82) is 0 Å². The van der Waals surface area contributed by atoms with Gasteiger partial charge in [0.25, 0.3) is 0 Å². The summed E-state index contributed by atoms with van der Waals surface area (Å²) in [5.74, 6) is 0.776. The van der Waals surface area contributed by atoms with Crippen LogP contribution in [0.3, 0.4) is 0 Å². The molecule has 0 aliphatic rings. The minimum absolute atomic E-state index is 0.776. The van der Waals surface area contributed by atoms with Gasteiger partial charge in [0.05, 0.1) is 19.6 Å². The van der Waals surface area contributed by atoms with Crippen molar-refractivity contribution in [3.05, 3.63) is 18.2 Å². The van der Waals surface area contributed by atoms with Gasteiger partial charge < -0.3 is 9.47 Å². The fourth-order valence-corrected chi connectivity index (χ4v) is 2.80. The van der Waals surface area contributed by atoms with E-state index in [0.717, 1.165) is 25.8 Å². The molecule has 0 unspecified atom stereocenters. The lowest BCUT2D eigenvalue weighted by Gasteiger charge is -2.01. The van der Waals surface area contributed by atoms with E-state index in [9.17, 15) is 0 Å². The maximum Gasteiger partial charge on any atom is 0.217 e. The summed E-state index contributed by atoms with van der Waals surface area (Å²) >= 11 is 5.96. The van der Waals surface area contributed by atoms with E-state index < -0.39 is 0 Å². The second kappa shape index (κ2) is 3.71. The molecule has 0 bridgehead atoms. The van der Waals surface area contributed by atoms with Crippen LogP contribution in [-0.2, 0) is 0 Å². The topological polar surface area (TPSA) is 18.5 Å². The first-order valence-corrected chi connectivity index (χ1v) is 5.36. The first-order chi connectivity index (χ1) is 6.77. The Labute approximate surface area is 91.9 Å². The van der Waals surface area contributed by atoms with Gasteiger partial charge in [-0.2, -0.15) is 0 Å². The Kier molecular flexibility index (Phi) is 2.56. The second-order valence-corrected chi connectivity index (χ2v) is 4.27. The van der Waals surface area contributed by atoms with Crippen molar-refractivity contribution in [2.45, 2.75) is 4.90 Å². The fourth-order valence-electron chi connectivity index (χ4n) is 1.40. The van der Waals surface area contributed by atoms with Crippen molar-refractivity contribution < 1.29 is 9.47 Å². The number of thiophene rings is 1. The highest BCUT2D eigenvalue weighted by molar-refractivity contribution is 7.80. The summed E-state index contributed by atoms with van der Waals surface area (Å²) in [7, 11) is 3.29. The largest absolute Gasteiger partial charge is 0.491 e. The summed E-state index contributed by atoms with van der Waals surface area (Å²) in [6.45, 7) is 0. The average molecular weight is 226 g/mol. The smallest absolute Gasteiger partial charge is 0.217 e. The van der Waals surface area contributed by atoms with Crippen LogP contribution in [0.4, 0.5) is 0 Å². The van der Waals surface area contributed by atoms with E-state index in [1.54, 1.807) is 25.6 Å². The van der Waals surface area contributed by atoms with E-state index in [0.29, 0.717) is 0 Å². The van der Waals surface area contributed by atoms with Crippen LogP contribution in [0.1, 0.15) is 0 Å². The van der Waals surface area contributed by atoms with E-state index in [1.165, 1.54) is 0 Å². The Balaban J connectivity index is 2.81. The average Bonchev–Trinajstić information content (AvgIpc) is 2.56. The SMILES string of the molecule is COc1sc2cccc(S)c2c1OC. The standard InChI is InChI=1S/C10H10O2S2/c1-11-9-8-6(13)4-3-5-7(8)14-10(9)12-2/h3-5,13H,1-2H3. The van der Waals surface area contributed by atoms with Crippen LogP contribution < -0.4 is 9.47 Å². The van der Waals surface area contributed by atoms with Crippen LogP contribution in [0.5, 0.6) is 10.8 Å². The van der Waals surface area contributed by atoms with E-state index in [1.807, 2.05) is 18.2 Å². The fraction of sp³-hybridized carbons (Fsp3) is 0.200. The molecule has 0 amide bonds. The van der Waals surface area contributed by atoms with Gasteiger partial charge in [-0.1, -0.05) is 17.4 Å². The first kappa shape index (κ1) is 9.68. The van der Waals surface area contributed by atoms with Crippen LogP contribution in [0.15, 0.2) is 23.1 Å². The zero-order valence-electron chi connectivity index (χ0n) is 7.90. The minimum atomic E-state index is 0.776. The van der Waals surface area contributed by atoms with E-state index >= 15 is 0 Å². The molecule has 0 saturated carbocycles. The van der Waals surface area contributed by atoms with Crippen LogP contribution >= 0.6 is 24.0 Å². The number of ether oxygens (including phenoxy) is 2. The molecule has 0 aliphatic heterocycles. The lowest BCUT2D eigenvalue weighted by molar-refractivity contribution is 0.367. The summed E-state index contributed by atoms with van der Waals surface area (Å²) in [5.41, 5.74) is 0. The molecule has 0 N–H and O–H groups in total. The summed E-state index contributed by atoms with van der Waals surface area (Å²) in [6, 6.07) is 5.95. The molecule has 2 rings (SSSR count). The maximum absolute atomic E-state index is 5.31. The van der Waals surface area contributed by atoms with Gasteiger partial charge >= 0.3 is 0 Å². The van der Waals surface area contributed by atoms with Crippen molar-refractivity contribution in [1.82, 2.24) is 0 Å². The third kappa shape index (κ3) is 1.35. The van der Waals surface area contributed by atoms with Gasteiger partial charge in [-0.3, -0.25) is 0 Å². The molecule has 2 aromatic rings. The molecule has 1 aromatic heterocycles. The molecule has 1 heterocycles. The monoisotopic (exact) mass is 226 g/mol. The maximum atomic E-state index is 5.31. The molecule has 14 heavy (non-hydrogen) atoms. The van der Waals surface area contributed by atoms with Crippen LogP contribution in [0, 0.1) is 0 Å². The molecule has 4 heteroatoms. The van der Waals surface area contributed by atoms with Crippen molar-refractivity contribution in [2.75, 3.05) is 14.2 Å².